The number of rotatable bonds is 4. The van der Waals surface area contributed by atoms with E-state index in [2.05, 4.69) is 37.8 Å². The van der Waals surface area contributed by atoms with Crippen molar-refractivity contribution in [1.29, 1.82) is 0 Å². The van der Waals surface area contributed by atoms with Gasteiger partial charge in [0.05, 0.1) is 0 Å². The Morgan fingerprint density at radius 1 is 1.35 bits per heavy atom. The van der Waals surface area contributed by atoms with Crippen LogP contribution in [0.2, 0.25) is 0 Å². The van der Waals surface area contributed by atoms with Crippen LogP contribution in [0.3, 0.4) is 0 Å². The molecule has 4 nitrogen and oxygen atoms in total. The van der Waals surface area contributed by atoms with Gasteiger partial charge in [-0.3, -0.25) is 0 Å². The van der Waals surface area contributed by atoms with Crippen LogP contribution >= 0.6 is 0 Å². The van der Waals surface area contributed by atoms with Crippen molar-refractivity contribution in [2.75, 3.05) is 0 Å². The maximum absolute atomic E-state index is 6.17. The number of hydrogen-bond donors (Lipinski definition) is 1. The fourth-order valence-electron chi connectivity index (χ4n) is 3.27. The molecule has 1 aliphatic carbocycles. The van der Waals surface area contributed by atoms with E-state index in [1.807, 2.05) is 0 Å². The maximum Gasteiger partial charge on any atom is 0.228 e. The van der Waals surface area contributed by atoms with Crippen LogP contribution in [0, 0.1) is 11.3 Å². The predicted octanol–water partition coefficient (Wildman–Crippen LogP) is 3.67. The van der Waals surface area contributed by atoms with Gasteiger partial charge in [-0.15, -0.1) is 0 Å². The molecule has 0 amide bonds. The summed E-state index contributed by atoms with van der Waals surface area (Å²) < 4.78 is 5.40. The smallest absolute Gasteiger partial charge is 0.228 e. The highest BCUT2D eigenvalue weighted by Gasteiger charge is 2.25. The number of nitrogens with two attached hydrogens (primary N) is 1. The summed E-state index contributed by atoms with van der Waals surface area (Å²) >= 11 is 0. The normalized spacial score (nSPS) is 25.6. The van der Waals surface area contributed by atoms with E-state index in [0.717, 1.165) is 18.2 Å². The highest BCUT2D eigenvalue weighted by Crippen LogP contribution is 2.34. The van der Waals surface area contributed by atoms with Gasteiger partial charge in [0.25, 0.3) is 0 Å². The molecule has 3 atom stereocenters. The Kier molecular flexibility index (Phi) is 4.84. The number of nitrogens with zero attached hydrogens (tertiary/aromatic N) is 2. The SMILES string of the molecule is CC1CCCC(c2noc(CC(N)CC(C)(C)C)n2)C1. The topological polar surface area (TPSA) is 64.9 Å². The van der Waals surface area contributed by atoms with E-state index >= 15 is 0 Å². The minimum absolute atomic E-state index is 0.0913. The molecule has 0 radical (unpaired) electrons. The van der Waals surface area contributed by atoms with E-state index in [9.17, 15) is 0 Å². The lowest BCUT2D eigenvalue weighted by atomic mass is 9.82. The van der Waals surface area contributed by atoms with E-state index in [0.29, 0.717) is 18.2 Å². The zero-order chi connectivity index (χ0) is 14.8. The first-order chi connectivity index (χ1) is 9.33. The molecule has 1 aromatic heterocycles. The molecule has 0 spiro atoms. The predicted molar refractivity (Wildman–Crippen MR) is 80.4 cm³/mol. The molecule has 1 heterocycles. The van der Waals surface area contributed by atoms with Crippen molar-refractivity contribution >= 4 is 0 Å². The molecule has 2 rings (SSSR count). The minimum atomic E-state index is 0.0913. The molecule has 4 heteroatoms. The van der Waals surface area contributed by atoms with Crippen LogP contribution in [-0.2, 0) is 6.42 Å². The summed E-state index contributed by atoms with van der Waals surface area (Å²) in [6.45, 7) is 8.92. The van der Waals surface area contributed by atoms with Crippen LogP contribution in [0.5, 0.6) is 0 Å². The average molecular weight is 279 g/mol. The summed E-state index contributed by atoms with van der Waals surface area (Å²) in [6.07, 6.45) is 6.64. The molecule has 0 aromatic carbocycles. The van der Waals surface area contributed by atoms with Gasteiger partial charge in [0.1, 0.15) is 0 Å². The quantitative estimate of drug-likeness (QED) is 0.913. The van der Waals surface area contributed by atoms with Crippen LogP contribution in [0.1, 0.15) is 77.4 Å². The summed E-state index contributed by atoms with van der Waals surface area (Å²) in [4.78, 5) is 4.58. The van der Waals surface area contributed by atoms with Crippen molar-refractivity contribution < 1.29 is 4.52 Å². The molecule has 0 bridgehead atoms. The van der Waals surface area contributed by atoms with Crippen LogP contribution in [0.4, 0.5) is 0 Å². The molecule has 1 aliphatic rings. The van der Waals surface area contributed by atoms with Crippen molar-refractivity contribution in [3.8, 4) is 0 Å². The standard InChI is InChI=1S/C16H29N3O/c1-11-6-5-7-12(8-11)15-18-14(20-19-15)9-13(17)10-16(2,3)4/h11-13H,5-10,17H2,1-4H3. The van der Waals surface area contributed by atoms with Gasteiger partial charge >= 0.3 is 0 Å². The second kappa shape index (κ2) is 6.25. The second-order valence-electron chi connectivity index (χ2n) is 7.74. The molecule has 1 saturated carbocycles. The lowest BCUT2D eigenvalue weighted by molar-refractivity contribution is 0.305. The molecule has 1 aromatic rings. The molecule has 2 N–H and O–H groups in total. The van der Waals surface area contributed by atoms with Gasteiger partial charge in [-0.2, -0.15) is 4.98 Å². The fraction of sp³-hybridized carbons (Fsp3) is 0.875. The van der Waals surface area contributed by atoms with Gasteiger partial charge in [-0.1, -0.05) is 45.7 Å². The first kappa shape index (κ1) is 15.5. The Labute approximate surface area is 122 Å². The van der Waals surface area contributed by atoms with E-state index < -0.39 is 0 Å². The lowest BCUT2D eigenvalue weighted by Crippen LogP contribution is -2.28. The summed E-state index contributed by atoms with van der Waals surface area (Å²) in [5, 5.41) is 4.18. The van der Waals surface area contributed by atoms with Crippen LogP contribution in [0.15, 0.2) is 4.52 Å². The molecule has 0 aliphatic heterocycles. The Morgan fingerprint density at radius 2 is 2.10 bits per heavy atom. The summed E-state index contributed by atoms with van der Waals surface area (Å²) in [6, 6.07) is 0.0913. The summed E-state index contributed by atoms with van der Waals surface area (Å²) in [5.74, 6) is 2.86. The highest BCUT2D eigenvalue weighted by atomic mass is 16.5. The van der Waals surface area contributed by atoms with Crippen molar-refractivity contribution in [2.45, 2.75) is 78.2 Å². The van der Waals surface area contributed by atoms with Gasteiger partial charge in [-0.05, 0) is 30.6 Å². The zero-order valence-corrected chi connectivity index (χ0v) is 13.4. The van der Waals surface area contributed by atoms with Gasteiger partial charge in [-0.25, -0.2) is 0 Å². The molecule has 1 fully saturated rings. The largest absolute Gasteiger partial charge is 0.339 e. The van der Waals surface area contributed by atoms with Crippen LogP contribution in [-0.4, -0.2) is 16.2 Å². The molecular weight excluding hydrogens is 250 g/mol. The van der Waals surface area contributed by atoms with Gasteiger partial charge < -0.3 is 10.3 Å². The Hall–Kier alpha value is -0.900. The lowest BCUT2D eigenvalue weighted by Gasteiger charge is -2.24. The minimum Gasteiger partial charge on any atom is -0.339 e. The fourth-order valence-corrected chi connectivity index (χ4v) is 3.27. The molecular formula is C16H29N3O. The third kappa shape index (κ3) is 4.58. The molecule has 114 valence electrons. The summed E-state index contributed by atoms with van der Waals surface area (Å²) in [5.41, 5.74) is 6.41. The summed E-state index contributed by atoms with van der Waals surface area (Å²) in [7, 11) is 0. The monoisotopic (exact) mass is 279 g/mol. The Balaban J connectivity index is 1.92. The van der Waals surface area contributed by atoms with E-state index in [-0.39, 0.29) is 11.5 Å². The van der Waals surface area contributed by atoms with Crippen LogP contribution in [0.25, 0.3) is 0 Å². The van der Waals surface area contributed by atoms with Crippen molar-refractivity contribution in [2.24, 2.45) is 17.1 Å². The van der Waals surface area contributed by atoms with Crippen molar-refractivity contribution in [1.82, 2.24) is 10.1 Å². The number of aromatic nitrogens is 2. The third-order valence-electron chi connectivity index (χ3n) is 4.10. The highest BCUT2D eigenvalue weighted by molar-refractivity contribution is 4.98. The first-order valence-corrected chi connectivity index (χ1v) is 7.91. The Morgan fingerprint density at radius 3 is 2.75 bits per heavy atom. The third-order valence-corrected chi connectivity index (χ3v) is 4.10. The Bertz CT molecular complexity index is 422. The zero-order valence-electron chi connectivity index (χ0n) is 13.4. The van der Waals surface area contributed by atoms with E-state index in [1.165, 1.54) is 25.7 Å². The second-order valence-corrected chi connectivity index (χ2v) is 7.74. The average Bonchev–Trinajstić information content (AvgIpc) is 2.74. The molecule has 0 saturated heterocycles. The van der Waals surface area contributed by atoms with E-state index in [1.54, 1.807) is 0 Å². The van der Waals surface area contributed by atoms with Gasteiger partial charge in [0.15, 0.2) is 5.82 Å². The van der Waals surface area contributed by atoms with Gasteiger partial charge in [0, 0.05) is 18.4 Å². The van der Waals surface area contributed by atoms with Crippen molar-refractivity contribution in [3.05, 3.63) is 11.7 Å². The van der Waals surface area contributed by atoms with Crippen molar-refractivity contribution in [3.63, 3.8) is 0 Å². The molecule has 20 heavy (non-hydrogen) atoms. The van der Waals surface area contributed by atoms with Crippen LogP contribution < -0.4 is 5.73 Å². The van der Waals surface area contributed by atoms with E-state index in [4.69, 9.17) is 10.3 Å². The van der Waals surface area contributed by atoms with Gasteiger partial charge in [0.2, 0.25) is 5.89 Å². The number of hydrogen-bond acceptors (Lipinski definition) is 4. The molecule has 3 unspecified atom stereocenters. The first-order valence-electron chi connectivity index (χ1n) is 7.91. The maximum atomic E-state index is 6.17.